The largest absolute Gasteiger partial charge is 0.307 e. The van der Waals surface area contributed by atoms with Crippen LogP contribution in [0.5, 0.6) is 0 Å². The number of para-hydroxylation sites is 1. The van der Waals surface area contributed by atoms with Gasteiger partial charge in [0.25, 0.3) is 0 Å². The van der Waals surface area contributed by atoms with Crippen LogP contribution < -0.4 is 5.32 Å². The molecule has 2 aromatic rings. The van der Waals surface area contributed by atoms with E-state index >= 15 is 0 Å². The second kappa shape index (κ2) is 3.72. The molecule has 0 saturated heterocycles. The van der Waals surface area contributed by atoms with Crippen LogP contribution in [0, 0.1) is 18.3 Å². The summed E-state index contributed by atoms with van der Waals surface area (Å²) in [6, 6.07) is 9.77. The highest BCUT2D eigenvalue weighted by molar-refractivity contribution is 5.50. The minimum absolute atomic E-state index is 0.657. The Hall–Kier alpha value is -2.12. The van der Waals surface area contributed by atoms with E-state index in [1.807, 2.05) is 35.9 Å². The first-order valence-corrected chi connectivity index (χ1v) is 5.59. The number of nitriles is 1. The highest BCUT2D eigenvalue weighted by Crippen LogP contribution is 2.23. The third-order valence-corrected chi connectivity index (χ3v) is 3.14. The average molecular weight is 224 g/mol. The summed E-state index contributed by atoms with van der Waals surface area (Å²) in [6.07, 6.45) is 0. The lowest BCUT2D eigenvalue weighted by molar-refractivity contribution is 0.704. The van der Waals surface area contributed by atoms with Gasteiger partial charge in [0.1, 0.15) is 6.07 Å². The fourth-order valence-corrected chi connectivity index (χ4v) is 2.28. The smallest absolute Gasteiger partial charge is 0.101 e. The number of fused-ring (bicyclic) bond motifs is 1. The van der Waals surface area contributed by atoms with E-state index in [1.54, 1.807) is 0 Å². The summed E-state index contributed by atoms with van der Waals surface area (Å²) in [4.78, 5) is 0. The molecule has 1 N–H and O–H groups in total. The first kappa shape index (κ1) is 10.1. The molecule has 84 valence electrons. The van der Waals surface area contributed by atoms with Crippen molar-refractivity contribution in [1.29, 1.82) is 5.26 Å². The Kier molecular flexibility index (Phi) is 2.20. The first-order chi connectivity index (χ1) is 8.31. The molecule has 0 fully saturated rings. The number of aromatic nitrogens is 2. The van der Waals surface area contributed by atoms with Gasteiger partial charge in [-0.3, -0.25) is 0 Å². The van der Waals surface area contributed by atoms with Crippen LogP contribution in [0.4, 0.5) is 0 Å². The van der Waals surface area contributed by atoms with Crippen LogP contribution in [0.25, 0.3) is 5.69 Å². The predicted molar refractivity (Wildman–Crippen MR) is 63.6 cm³/mol. The Balaban J connectivity index is 2.23. The molecule has 3 rings (SSSR count). The number of nitrogens with one attached hydrogen (secondary N) is 1. The first-order valence-electron chi connectivity index (χ1n) is 5.59. The summed E-state index contributed by atoms with van der Waals surface area (Å²) >= 11 is 0. The van der Waals surface area contributed by atoms with E-state index in [-0.39, 0.29) is 0 Å². The molecular weight excluding hydrogens is 212 g/mol. The maximum absolute atomic E-state index is 9.13. The molecule has 1 aliphatic heterocycles. The van der Waals surface area contributed by atoms with Crippen molar-refractivity contribution in [3.63, 3.8) is 0 Å². The number of aryl methyl sites for hydroxylation is 1. The van der Waals surface area contributed by atoms with E-state index in [9.17, 15) is 0 Å². The lowest BCUT2D eigenvalue weighted by Crippen LogP contribution is -2.09. The van der Waals surface area contributed by atoms with Crippen LogP contribution in [0.2, 0.25) is 0 Å². The maximum atomic E-state index is 9.13. The van der Waals surface area contributed by atoms with Crippen molar-refractivity contribution >= 4 is 0 Å². The Morgan fingerprint density at radius 2 is 2.18 bits per heavy atom. The second-order valence-electron chi connectivity index (χ2n) is 4.15. The number of benzene rings is 1. The van der Waals surface area contributed by atoms with Gasteiger partial charge >= 0.3 is 0 Å². The van der Waals surface area contributed by atoms with Gasteiger partial charge in [-0.1, -0.05) is 12.1 Å². The van der Waals surface area contributed by atoms with Crippen molar-refractivity contribution in [2.75, 3.05) is 0 Å². The molecule has 1 aromatic heterocycles. The minimum Gasteiger partial charge on any atom is -0.307 e. The maximum Gasteiger partial charge on any atom is 0.101 e. The summed E-state index contributed by atoms with van der Waals surface area (Å²) < 4.78 is 1.89. The molecule has 2 heterocycles. The quantitative estimate of drug-likeness (QED) is 0.801. The van der Waals surface area contributed by atoms with Crippen LogP contribution in [0.1, 0.15) is 22.5 Å². The average Bonchev–Trinajstić information content (AvgIpc) is 2.94. The fourth-order valence-electron chi connectivity index (χ4n) is 2.28. The summed E-state index contributed by atoms with van der Waals surface area (Å²) in [5.74, 6) is 0. The van der Waals surface area contributed by atoms with Gasteiger partial charge in [-0.25, -0.2) is 4.68 Å². The summed E-state index contributed by atoms with van der Waals surface area (Å²) in [7, 11) is 0. The van der Waals surface area contributed by atoms with Gasteiger partial charge in [0.2, 0.25) is 0 Å². The van der Waals surface area contributed by atoms with E-state index in [0.717, 1.165) is 24.5 Å². The van der Waals surface area contributed by atoms with Crippen LogP contribution in [-0.4, -0.2) is 9.78 Å². The molecule has 4 nitrogen and oxygen atoms in total. The molecule has 4 heteroatoms. The van der Waals surface area contributed by atoms with E-state index in [2.05, 4.69) is 16.5 Å². The number of hydrogen-bond donors (Lipinski definition) is 1. The molecule has 0 amide bonds. The zero-order chi connectivity index (χ0) is 11.8. The highest BCUT2D eigenvalue weighted by Gasteiger charge is 2.21. The molecule has 0 spiro atoms. The molecule has 0 aliphatic carbocycles. The Morgan fingerprint density at radius 3 is 3.00 bits per heavy atom. The normalized spacial score (nSPS) is 13.4. The van der Waals surface area contributed by atoms with Crippen LogP contribution in [-0.2, 0) is 13.1 Å². The summed E-state index contributed by atoms with van der Waals surface area (Å²) in [5.41, 5.74) is 4.99. The molecule has 0 saturated carbocycles. The highest BCUT2D eigenvalue weighted by atomic mass is 15.3. The van der Waals surface area contributed by atoms with Crippen molar-refractivity contribution in [1.82, 2.24) is 15.1 Å². The number of hydrogen-bond acceptors (Lipinski definition) is 3. The summed E-state index contributed by atoms with van der Waals surface area (Å²) in [6.45, 7) is 3.70. The van der Waals surface area contributed by atoms with Crippen LogP contribution in [0.15, 0.2) is 24.3 Å². The summed E-state index contributed by atoms with van der Waals surface area (Å²) in [5, 5.41) is 17.0. The van der Waals surface area contributed by atoms with Crippen molar-refractivity contribution in [2.45, 2.75) is 20.0 Å². The van der Waals surface area contributed by atoms with Crippen molar-refractivity contribution in [3.8, 4) is 11.8 Å². The van der Waals surface area contributed by atoms with E-state index in [1.165, 1.54) is 11.3 Å². The zero-order valence-electron chi connectivity index (χ0n) is 9.57. The number of rotatable bonds is 1. The third-order valence-electron chi connectivity index (χ3n) is 3.14. The second-order valence-corrected chi connectivity index (χ2v) is 4.15. The Morgan fingerprint density at radius 1 is 1.35 bits per heavy atom. The van der Waals surface area contributed by atoms with E-state index in [0.29, 0.717) is 5.56 Å². The van der Waals surface area contributed by atoms with Crippen LogP contribution in [0.3, 0.4) is 0 Å². The van der Waals surface area contributed by atoms with Gasteiger partial charge in [-0.15, -0.1) is 0 Å². The lowest BCUT2D eigenvalue weighted by atomic mass is 10.2. The molecule has 0 unspecified atom stereocenters. The molecule has 1 aliphatic rings. The van der Waals surface area contributed by atoms with Gasteiger partial charge in [0.15, 0.2) is 0 Å². The van der Waals surface area contributed by atoms with E-state index < -0.39 is 0 Å². The van der Waals surface area contributed by atoms with Crippen molar-refractivity contribution < 1.29 is 0 Å². The van der Waals surface area contributed by atoms with E-state index in [4.69, 9.17) is 5.26 Å². The standard InChI is InChI=1S/C13H12N4/c1-9-11-7-15-8-13(11)17(16-9)12-5-3-2-4-10(12)6-14/h2-5,15H,7-8H2,1H3. The van der Waals surface area contributed by atoms with Gasteiger partial charge in [-0.2, -0.15) is 10.4 Å². The van der Waals surface area contributed by atoms with Gasteiger partial charge in [0.05, 0.1) is 22.6 Å². The topological polar surface area (TPSA) is 53.6 Å². The van der Waals surface area contributed by atoms with Gasteiger partial charge in [-0.05, 0) is 19.1 Å². The lowest BCUT2D eigenvalue weighted by Gasteiger charge is -2.06. The molecule has 0 bridgehead atoms. The number of nitrogens with zero attached hydrogens (tertiary/aromatic N) is 3. The SMILES string of the molecule is Cc1nn(-c2ccccc2C#N)c2c1CNC2. The minimum atomic E-state index is 0.657. The van der Waals surface area contributed by atoms with Crippen LogP contribution >= 0.6 is 0 Å². The van der Waals surface area contributed by atoms with Gasteiger partial charge in [0, 0.05) is 18.7 Å². The molecule has 0 atom stereocenters. The van der Waals surface area contributed by atoms with Crippen molar-refractivity contribution in [2.24, 2.45) is 0 Å². The fraction of sp³-hybridized carbons (Fsp3) is 0.231. The molecular formula is C13H12N4. The molecule has 1 aromatic carbocycles. The monoisotopic (exact) mass is 224 g/mol. The van der Waals surface area contributed by atoms with Gasteiger partial charge < -0.3 is 5.32 Å². The molecule has 0 radical (unpaired) electrons. The molecule has 17 heavy (non-hydrogen) atoms. The Bertz CT molecular complexity index is 619. The third kappa shape index (κ3) is 1.44. The Labute approximate surface area is 99.5 Å². The van der Waals surface area contributed by atoms with Crippen molar-refractivity contribution in [3.05, 3.63) is 46.8 Å². The zero-order valence-corrected chi connectivity index (χ0v) is 9.57. The predicted octanol–water partition coefficient (Wildman–Crippen LogP) is 1.66.